The number of imidazole rings is 2. The highest BCUT2D eigenvalue weighted by Gasteiger charge is 1.77. The van der Waals surface area contributed by atoms with Crippen molar-refractivity contribution in [3.63, 3.8) is 0 Å². The largest absolute Gasteiger partial charge is 0.396 e. The minimum absolute atomic E-state index is 0.195. The van der Waals surface area contributed by atoms with Crippen LogP contribution in [-0.4, -0.2) is 42.5 Å². The molecule has 0 aliphatic rings. The number of unbranched alkanes of at least 4 members (excludes halogenated alkanes) is 1. The normalized spacial score (nSPS) is 8.89. The monoisotopic (exact) mass is 254 g/mol. The van der Waals surface area contributed by atoms with E-state index in [1.165, 1.54) is 0 Å². The Balaban J connectivity index is 0.000000241. The molecule has 2 N–H and O–H groups in total. The highest BCUT2D eigenvalue weighted by Crippen LogP contribution is 1.80. The third kappa shape index (κ3) is 10.8. The second-order valence-electron chi connectivity index (χ2n) is 3.61. The van der Waals surface area contributed by atoms with Gasteiger partial charge in [-0.1, -0.05) is 0 Å². The molecule has 0 spiro atoms. The Morgan fingerprint density at radius 2 is 1.22 bits per heavy atom. The van der Waals surface area contributed by atoms with Gasteiger partial charge in [-0.15, -0.1) is 0 Å². The van der Waals surface area contributed by atoms with E-state index in [0.29, 0.717) is 0 Å². The van der Waals surface area contributed by atoms with Crippen molar-refractivity contribution in [3.8, 4) is 0 Å². The minimum Gasteiger partial charge on any atom is -0.396 e. The number of hydrogen-bond donors (Lipinski definition) is 2. The zero-order valence-corrected chi connectivity index (χ0v) is 11.0. The summed E-state index contributed by atoms with van der Waals surface area (Å²) in [7, 11) is 3.88. The van der Waals surface area contributed by atoms with Gasteiger partial charge in [-0.25, -0.2) is 9.97 Å². The second-order valence-corrected chi connectivity index (χ2v) is 3.61. The van der Waals surface area contributed by atoms with E-state index in [0.717, 1.165) is 12.8 Å². The van der Waals surface area contributed by atoms with Crippen LogP contribution in [0.4, 0.5) is 0 Å². The van der Waals surface area contributed by atoms with Crippen molar-refractivity contribution >= 4 is 0 Å². The predicted octanol–water partition coefficient (Wildman–Crippen LogP) is 0.591. The first-order chi connectivity index (χ1) is 8.70. The van der Waals surface area contributed by atoms with Gasteiger partial charge in [0.15, 0.2) is 0 Å². The molecule has 18 heavy (non-hydrogen) atoms. The van der Waals surface area contributed by atoms with Crippen LogP contribution in [0.2, 0.25) is 0 Å². The molecule has 2 aromatic heterocycles. The topological polar surface area (TPSA) is 76.1 Å². The Kier molecular flexibility index (Phi) is 10.7. The molecule has 0 aromatic carbocycles. The molecule has 0 aliphatic carbocycles. The van der Waals surface area contributed by atoms with Crippen molar-refractivity contribution in [3.05, 3.63) is 37.4 Å². The van der Waals surface area contributed by atoms with Crippen LogP contribution < -0.4 is 0 Å². The smallest absolute Gasteiger partial charge is 0.0943 e. The first kappa shape index (κ1) is 16.3. The molecule has 6 heteroatoms. The van der Waals surface area contributed by atoms with Crippen molar-refractivity contribution in [1.29, 1.82) is 0 Å². The molecule has 0 bridgehead atoms. The van der Waals surface area contributed by atoms with E-state index in [1.54, 1.807) is 25.0 Å². The highest BCUT2D eigenvalue weighted by atomic mass is 16.3. The van der Waals surface area contributed by atoms with Gasteiger partial charge in [0, 0.05) is 52.1 Å². The molecule has 0 radical (unpaired) electrons. The second kappa shape index (κ2) is 11.8. The highest BCUT2D eigenvalue weighted by molar-refractivity contribution is 4.70. The Labute approximate surface area is 108 Å². The fraction of sp³-hybridized carbons (Fsp3) is 0.500. The summed E-state index contributed by atoms with van der Waals surface area (Å²) >= 11 is 0. The van der Waals surface area contributed by atoms with E-state index in [-0.39, 0.29) is 13.2 Å². The van der Waals surface area contributed by atoms with Crippen LogP contribution in [0.5, 0.6) is 0 Å². The third-order valence-corrected chi connectivity index (χ3v) is 1.84. The summed E-state index contributed by atoms with van der Waals surface area (Å²) in [6.45, 7) is 0.390. The van der Waals surface area contributed by atoms with Crippen LogP contribution in [0.25, 0.3) is 0 Å². The molecule has 0 saturated heterocycles. The number of aliphatic hydroxyl groups excluding tert-OH is 2. The van der Waals surface area contributed by atoms with Crippen molar-refractivity contribution < 1.29 is 10.2 Å². The lowest BCUT2D eigenvalue weighted by molar-refractivity contribution is 0.242. The van der Waals surface area contributed by atoms with Gasteiger partial charge in [-0.05, 0) is 12.8 Å². The van der Waals surface area contributed by atoms with Crippen LogP contribution in [0.1, 0.15) is 12.8 Å². The minimum atomic E-state index is 0.195. The number of nitrogens with zero attached hydrogens (tertiary/aromatic N) is 4. The van der Waals surface area contributed by atoms with E-state index in [4.69, 9.17) is 10.2 Å². The molecule has 2 aromatic rings. The molecule has 0 aliphatic heterocycles. The van der Waals surface area contributed by atoms with Gasteiger partial charge >= 0.3 is 0 Å². The first-order valence-electron chi connectivity index (χ1n) is 5.76. The van der Waals surface area contributed by atoms with Gasteiger partial charge in [0.25, 0.3) is 0 Å². The third-order valence-electron chi connectivity index (χ3n) is 1.84. The molecule has 102 valence electrons. The van der Waals surface area contributed by atoms with Crippen LogP contribution >= 0.6 is 0 Å². The Morgan fingerprint density at radius 3 is 1.33 bits per heavy atom. The number of aliphatic hydroxyl groups is 2. The molecule has 0 fully saturated rings. The van der Waals surface area contributed by atoms with E-state index in [1.807, 2.05) is 35.6 Å². The van der Waals surface area contributed by atoms with Crippen LogP contribution in [0, 0.1) is 0 Å². The fourth-order valence-corrected chi connectivity index (χ4v) is 0.875. The zero-order valence-electron chi connectivity index (χ0n) is 11.0. The fourth-order valence-electron chi connectivity index (χ4n) is 0.875. The summed E-state index contributed by atoms with van der Waals surface area (Å²) in [6.07, 6.45) is 12.2. The average molecular weight is 254 g/mol. The predicted molar refractivity (Wildman–Crippen MR) is 69.8 cm³/mol. The molecule has 2 heterocycles. The van der Waals surface area contributed by atoms with Gasteiger partial charge in [0.1, 0.15) is 0 Å². The van der Waals surface area contributed by atoms with Gasteiger partial charge in [-0.2, -0.15) is 0 Å². The molecular weight excluding hydrogens is 232 g/mol. The van der Waals surface area contributed by atoms with Crippen molar-refractivity contribution in [2.24, 2.45) is 14.1 Å². The summed E-state index contributed by atoms with van der Waals surface area (Å²) in [5, 5.41) is 16.2. The number of aromatic nitrogens is 4. The number of aryl methyl sites for hydroxylation is 2. The summed E-state index contributed by atoms with van der Waals surface area (Å²) in [6, 6.07) is 0. The zero-order chi connectivity index (χ0) is 13.6. The summed E-state index contributed by atoms with van der Waals surface area (Å²) in [5.74, 6) is 0. The average Bonchev–Trinajstić information content (AvgIpc) is 3.01. The van der Waals surface area contributed by atoms with Gasteiger partial charge < -0.3 is 19.3 Å². The van der Waals surface area contributed by atoms with Gasteiger partial charge in [0.2, 0.25) is 0 Å². The van der Waals surface area contributed by atoms with Crippen molar-refractivity contribution in [2.75, 3.05) is 13.2 Å². The number of rotatable bonds is 3. The Hall–Kier alpha value is -1.66. The first-order valence-corrected chi connectivity index (χ1v) is 5.76. The summed E-state index contributed by atoms with van der Waals surface area (Å²) in [4.78, 5) is 7.57. The molecule has 2 rings (SSSR count). The van der Waals surface area contributed by atoms with Crippen LogP contribution in [0.3, 0.4) is 0 Å². The van der Waals surface area contributed by atoms with E-state index in [2.05, 4.69) is 9.97 Å². The molecule has 0 atom stereocenters. The maximum Gasteiger partial charge on any atom is 0.0943 e. The molecule has 0 amide bonds. The van der Waals surface area contributed by atoms with Crippen molar-refractivity contribution in [2.45, 2.75) is 12.8 Å². The maximum absolute atomic E-state index is 8.09. The van der Waals surface area contributed by atoms with Crippen molar-refractivity contribution in [1.82, 2.24) is 19.1 Å². The van der Waals surface area contributed by atoms with Gasteiger partial charge in [0.05, 0.1) is 12.7 Å². The summed E-state index contributed by atoms with van der Waals surface area (Å²) < 4.78 is 3.78. The van der Waals surface area contributed by atoms with Crippen LogP contribution in [-0.2, 0) is 14.1 Å². The van der Waals surface area contributed by atoms with E-state index >= 15 is 0 Å². The van der Waals surface area contributed by atoms with Gasteiger partial charge in [-0.3, -0.25) is 0 Å². The molecular formula is C12H22N4O2. The van der Waals surface area contributed by atoms with E-state index < -0.39 is 0 Å². The Bertz CT molecular complexity index is 310. The summed E-state index contributed by atoms with van der Waals surface area (Å²) in [5.41, 5.74) is 0. The lowest BCUT2D eigenvalue weighted by atomic mass is 10.3. The Morgan fingerprint density at radius 1 is 0.833 bits per heavy atom. The maximum atomic E-state index is 8.09. The standard InChI is InChI=1S/2C4H6N2.C4H10O2/c2*1-6-3-2-5-4-6;5-3-1-2-4-6/h2*2-4H,1H3;5-6H,1-4H2. The molecule has 0 saturated carbocycles. The molecule has 6 nitrogen and oxygen atoms in total. The lowest BCUT2D eigenvalue weighted by Gasteiger charge is -1.85. The SMILES string of the molecule is Cn1ccnc1.Cn1ccnc1.OCCCCO. The van der Waals surface area contributed by atoms with E-state index in [9.17, 15) is 0 Å². The number of hydrogen-bond acceptors (Lipinski definition) is 4. The quantitative estimate of drug-likeness (QED) is 0.786. The van der Waals surface area contributed by atoms with Crippen LogP contribution in [0.15, 0.2) is 37.4 Å². The lowest BCUT2D eigenvalue weighted by Crippen LogP contribution is -1.85. The molecule has 0 unspecified atom stereocenters.